The van der Waals surface area contributed by atoms with Crippen LogP contribution in [-0.4, -0.2) is 28.7 Å². The summed E-state index contributed by atoms with van der Waals surface area (Å²) in [6.07, 6.45) is 6.75. The minimum Gasteiger partial charge on any atom is -0.488 e. The highest BCUT2D eigenvalue weighted by Crippen LogP contribution is 2.48. The van der Waals surface area contributed by atoms with Gasteiger partial charge in [-0.2, -0.15) is 0 Å². The van der Waals surface area contributed by atoms with E-state index in [-0.39, 0.29) is 11.5 Å². The molecule has 1 aromatic carbocycles. The second-order valence-corrected chi connectivity index (χ2v) is 8.69. The predicted octanol–water partition coefficient (Wildman–Crippen LogP) is 3.64. The summed E-state index contributed by atoms with van der Waals surface area (Å²) in [6, 6.07) is 4.52. The first-order chi connectivity index (χ1) is 13.4. The summed E-state index contributed by atoms with van der Waals surface area (Å²) in [6.45, 7) is 7.37. The van der Waals surface area contributed by atoms with E-state index >= 15 is 0 Å². The van der Waals surface area contributed by atoms with Gasteiger partial charge in [-0.1, -0.05) is 13.8 Å². The number of hydrogen-bond acceptors (Lipinski definition) is 6. The topological polar surface area (TPSA) is 99.1 Å². The van der Waals surface area contributed by atoms with Gasteiger partial charge in [0.2, 0.25) is 0 Å². The van der Waals surface area contributed by atoms with E-state index < -0.39 is 0 Å². The Morgan fingerprint density at radius 2 is 1.93 bits per heavy atom. The third-order valence-corrected chi connectivity index (χ3v) is 6.07. The fourth-order valence-corrected chi connectivity index (χ4v) is 4.69. The van der Waals surface area contributed by atoms with Gasteiger partial charge in [0.1, 0.15) is 17.9 Å². The van der Waals surface area contributed by atoms with Crippen LogP contribution < -0.4 is 21.5 Å². The van der Waals surface area contributed by atoms with Crippen molar-refractivity contribution in [3.05, 3.63) is 29.6 Å². The van der Waals surface area contributed by atoms with Crippen molar-refractivity contribution in [1.29, 1.82) is 0 Å². The number of fused-ring (bicyclic) bond motifs is 3. The van der Waals surface area contributed by atoms with E-state index in [1.807, 2.05) is 0 Å². The molecule has 1 aromatic heterocycles. The Labute approximate surface area is 167 Å². The van der Waals surface area contributed by atoms with Crippen LogP contribution in [0, 0.1) is 0 Å². The zero-order chi connectivity index (χ0) is 19.9. The van der Waals surface area contributed by atoms with E-state index in [0.717, 1.165) is 66.9 Å². The molecule has 1 fully saturated rings. The van der Waals surface area contributed by atoms with Crippen molar-refractivity contribution in [2.24, 2.45) is 5.73 Å². The van der Waals surface area contributed by atoms with Crippen LogP contribution in [0.1, 0.15) is 57.6 Å². The maximum absolute atomic E-state index is 6.46. The Hall–Kier alpha value is -2.34. The monoisotopic (exact) mass is 381 g/mol. The summed E-state index contributed by atoms with van der Waals surface area (Å²) in [7, 11) is 0. The lowest BCUT2D eigenvalue weighted by atomic mass is 9.71. The molecule has 6 heteroatoms. The zero-order valence-corrected chi connectivity index (χ0v) is 17.1. The van der Waals surface area contributed by atoms with Gasteiger partial charge in [0, 0.05) is 23.7 Å². The number of nitrogens with two attached hydrogens (primary N) is 2. The Balaban J connectivity index is 1.77. The molecule has 150 valence electrons. The summed E-state index contributed by atoms with van der Waals surface area (Å²) >= 11 is 0. The highest BCUT2D eigenvalue weighted by atomic mass is 16.5. The first kappa shape index (κ1) is 19.0. The molecule has 1 heterocycles. The second kappa shape index (κ2) is 7.24. The van der Waals surface area contributed by atoms with Crippen LogP contribution in [0.4, 0.5) is 11.5 Å². The molecular weight excluding hydrogens is 350 g/mol. The van der Waals surface area contributed by atoms with Gasteiger partial charge in [-0.15, -0.1) is 0 Å². The van der Waals surface area contributed by atoms with Gasteiger partial charge < -0.3 is 21.5 Å². The smallest absolute Gasteiger partial charge is 0.143 e. The molecule has 0 aliphatic heterocycles. The molecule has 2 aliphatic rings. The maximum Gasteiger partial charge on any atom is 0.143 e. The fourth-order valence-electron chi connectivity index (χ4n) is 4.69. The number of benzene rings is 1. The van der Waals surface area contributed by atoms with Crippen LogP contribution in [0.15, 0.2) is 18.5 Å². The molecule has 28 heavy (non-hydrogen) atoms. The SMILES string of the molecule is CCNc1c(O[C@H]2CC[C@H](N)CC2)ccc2c1CC(C)(C)c1c(N)ncnc1-2. The third-order valence-electron chi connectivity index (χ3n) is 6.07. The fraction of sp³-hybridized carbons (Fsp3) is 0.545. The Morgan fingerprint density at radius 3 is 2.64 bits per heavy atom. The summed E-state index contributed by atoms with van der Waals surface area (Å²) in [4.78, 5) is 8.84. The predicted molar refractivity (Wildman–Crippen MR) is 114 cm³/mol. The highest BCUT2D eigenvalue weighted by Gasteiger charge is 2.36. The van der Waals surface area contributed by atoms with Crippen LogP contribution in [0.25, 0.3) is 11.3 Å². The van der Waals surface area contributed by atoms with Crippen LogP contribution in [0.2, 0.25) is 0 Å². The Morgan fingerprint density at radius 1 is 1.18 bits per heavy atom. The molecule has 0 amide bonds. The molecule has 2 aromatic rings. The van der Waals surface area contributed by atoms with Crippen molar-refractivity contribution in [3.63, 3.8) is 0 Å². The van der Waals surface area contributed by atoms with E-state index in [1.54, 1.807) is 6.33 Å². The van der Waals surface area contributed by atoms with Crippen LogP contribution in [0.3, 0.4) is 0 Å². The summed E-state index contributed by atoms with van der Waals surface area (Å²) < 4.78 is 6.46. The van der Waals surface area contributed by atoms with Crippen molar-refractivity contribution in [2.45, 2.75) is 70.4 Å². The number of aromatic nitrogens is 2. The number of nitrogens with one attached hydrogen (secondary N) is 1. The van der Waals surface area contributed by atoms with Crippen LogP contribution in [-0.2, 0) is 11.8 Å². The van der Waals surface area contributed by atoms with Gasteiger partial charge in [0.25, 0.3) is 0 Å². The molecule has 0 radical (unpaired) electrons. The molecule has 5 N–H and O–H groups in total. The van der Waals surface area contributed by atoms with Crippen LogP contribution >= 0.6 is 0 Å². The minimum absolute atomic E-state index is 0.145. The van der Waals surface area contributed by atoms with Crippen molar-refractivity contribution in [3.8, 4) is 17.0 Å². The number of anilines is 2. The summed E-state index contributed by atoms with van der Waals surface area (Å²) in [5.74, 6) is 1.51. The number of rotatable bonds is 4. The molecule has 0 unspecified atom stereocenters. The minimum atomic E-state index is -0.145. The van der Waals surface area contributed by atoms with E-state index in [9.17, 15) is 0 Å². The maximum atomic E-state index is 6.46. The van der Waals surface area contributed by atoms with Gasteiger partial charge in [-0.3, -0.25) is 0 Å². The standard InChI is InChI=1S/C22H31N5O/c1-4-25-19-16-11-22(2,3)18-20(26-12-27-21(18)24)15(16)9-10-17(19)28-14-7-5-13(23)6-8-14/h9-10,12-14,25H,4-8,11,23H2,1-3H3,(H2,24,26,27)/t13-,14-. The van der Waals surface area contributed by atoms with Crippen molar-refractivity contribution < 1.29 is 4.74 Å². The van der Waals surface area contributed by atoms with Gasteiger partial charge >= 0.3 is 0 Å². The Bertz CT molecular complexity index is 871. The van der Waals surface area contributed by atoms with Crippen molar-refractivity contribution in [1.82, 2.24) is 9.97 Å². The lowest BCUT2D eigenvalue weighted by Crippen LogP contribution is -2.32. The van der Waals surface area contributed by atoms with Gasteiger partial charge in [-0.25, -0.2) is 9.97 Å². The number of hydrogen-bond donors (Lipinski definition) is 3. The van der Waals surface area contributed by atoms with E-state index in [2.05, 4.69) is 48.2 Å². The van der Waals surface area contributed by atoms with Gasteiger partial charge in [0.15, 0.2) is 0 Å². The lowest BCUT2D eigenvalue weighted by molar-refractivity contribution is 0.148. The molecule has 4 rings (SSSR count). The quantitative estimate of drug-likeness (QED) is 0.748. The molecule has 0 spiro atoms. The molecule has 2 aliphatic carbocycles. The number of ether oxygens (including phenoxy) is 1. The molecule has 0 saturated heterocycles. The molecule has 6 nitrogen and oxygen atoms in total. The molecule has 1 saturated carbocycles. The molecule has 0 bridgehead atoms. The number of nitrogen functional groups attached to an aromatic ring is 1. The Kier molecular flexibility index (Phi) is 4.91. The molecule has 0 atom stereocenters. The van der Waals surface area contributed by atoms with Crippen molar-refractivity contribution in [2.75, 3.05) is 17.6 Å². The van der Waals surface area contributed by atoms with E-state index in [1.165, 1.54) is 5.56 Å². The largest absolute Gasteiger partial charge is 0.488 e. The van der Waals surface area contributed by atoms with Crippen molar-refractivity contribution >= 4 is 11.5 Å². The summed E-state index contributed by atoms with van der Waals surface area (Å²) in [5, 5.41) is 3.56. The normalized spacial score (nSPS) is 22.9. The third kappa shape index (κ3) is 3.30. The first-order valence-electron chi connectivity index (χ1n) is 10.3. The highest BCUT2D eigenvalue weighted by molar-refractivity contribution is 5.82. The first-order valence-corrected chi connectivity index (χ1v) is 10.3. The van der Waals surface area contributed by atoms with Gasteiger partial charge in [-0.05, 0) is 62.1 Å². The average Bonchev–Trinajstić information content (AvgIpc) is 2.65. The lowest BCUT2D eigenvalue weighted by Gasteiger charge is -2.36. The van der Waals surface area contributed by atoms with E-state index in [0.29, 0.717) is 11.9 Å². The summed E-state index contributed by atoms with van der Waals surface area (Å²) in [5.41, 5.74) is 17.6. The second-order valence-electron chi connectivity index (χ2n) is 8.69. The van der Waals surface area contributed by atoms with E-state index in [4.69, 9.17) is 16.2 Å². The zero-order valence-electron chi connectivity index (χ0n) is 17.1. The van der Waals surface area contributed by atoms with Gasteiger partial charge in [0.05, 0.1) is 17.5 Å². The van der Waals surface area contributed by atoms with Crippen LogP contribution in [0.5, 0.6) is 5.75 Å². The average molecular weight is 382 g/mol. The molecular formula is C22H31N5O. The number of nitrogens with zero attached hydrogens (tertiary/aromatic N) is 2.